The number of hydrogen-bond donors (Lipinski definition) is 1. The third-order valence-electron chi connectivity index (χ3n) is 4.29. The smallest absolute Gasteiger partial charge is 0.0972 e. The van der Waals surface area contributed by atoms with Gasteiger partial charge < -0.3 is 5.32 Å². The summed E-state index contributed by atoms with van der Waals surface area (Å²) < 4.78 is 0. The molecule has 2 aliphatic carbocycles. The average molecular weight is 206 g/mol. The van der Waals surface area contributed by atoms with Crippen LogP contribution in [0.1, 0.15) is 46.0 Å². The van der Waals surface area contributed by atoms with Gasteiger partial charge in [-0.2, -0.15) is 0 Å². The Morgan fingerprint density at radius 2 is 1.73 bits per heavy atom. The third-order valence-corrected chi connectivity index (χ3v) is 4.29. The fourth-order valence-electron chi connectivity index (χ4n) is 2.72. The molecule has 0 saturated heterocycles. The third kappa shape index (κ3) is 2.04. The topological polar surface area (TPSA) is 24.4 Å². The fraction of sp³-hybridized carbons (Fsp3) is 0.923. The summed E-state index contributed by atoms with van der Waals surface area (Å²) in [5.74, 6) is 4.00. The van der Waals surface area contributed by atoms with E-state index in [1.165, 1.54) is 37.9 Å². The van der Waals surface area contributed by atoms with Crippen molar-refractivity contribution in [2.45, 2.75) is 58.0 Å². The lowest BCUT2D eigenvalue weighted by Crippen LogP contribution is -2.37. The summed E-state index contributed by atoms with van der Waals surface area (Å²) in [6.45, 7) is 4.55. The van der Waals surface area contributed by atoms with Crippen molar-refractivity contribution in [3.8, 4) is 0 Å². The van der Waals surface area contributed by atoms with Crippen LogP contribution in [0.4, 0.5) is 0 Å². The van der Waals surface area contributed by atoms with Crippen LogP contribution in [-0.2, 0) is 0 Å². The van der Waals surface area contributed by atoms with Gasteiger partial charge in [0.15, 0.2) is 0 Å². The van der Waals surface area contributed by atoms with E-state index in [0.29, 0.717) is 6.04 Å². The van der Waals surface area contributed by atoms with E-state index >= 15 is 0 Å². The van der Waals surface area contributed by atoms with E-state index < -0.39 is 0 Å². The molecule has 2 atom stereocenters. The number of nitrogens with zero attached hydrogens (tertiary/aromatic N) is 1. The fourth-order valence-corrected chi connectivity index (χ4v) is 2.72. The van der Waals surface area contributed by atoms with Gasteiger partial charge in [-0.25, -0.2) is 0 Å². The number of hydrogen-bond acceptors (Lipinski definition) is 2. The molecular weight excluding hydrogens is 184 g/mol. The largest absolute Gasteiger partial charge is 0.371 e. The van der Waals surface area contributed by atoms with Crippen molar-refractivity contribution in [1.29, 1.82) is 0 Å². The molecule has 84 valence electrons. The SMILES string of the molecule is C[C@H]1CC(NC(C2CC2)C2CC2)=N[C@@H]1C. The van der Waals surface area contributed by atoms with Crippen LogP contribution in [0.5, 0.6) is 0 Å². The van der Waals surface area contributed by atoms with Gasteiger partial charge >= 0.3 is 0 Å². The molecular formula is C13H22N2. The lowest BCUT2D eigenvalue weighted by atomic mass is 10.0. The molecule has 3 rings (SSSR count). The average Bonchev–Trinajstić information content (AvgIpc) is 3.07. The molecule has 2 fully saturated rings. The second-order valence-electron chi connectivity index (χ2n) is 5.84. The van der Waals surface area contributed by atoms with Crippen LogP contribution >= 0.6 is 0 Å². The Hall–Kier alpha value is -0.530. The highest BCUT2D eigenvalue weighted by Crippen LogP contribution is 2.44. The molecule has 2 heteroatoms. The van der Waals surface area contributed by atoms with Crippen molar-refractivity contribution in [3.63, 3.8) is 0 Å². The second kappa shape index (κ2) is 3.50. The van der Waals surface area contributed by atoms with Gasteiger partial charge in [0.2, 0.25) is 0 Å². The molecule has 0 spiro atoms. The van der Waals surface area contributed by atoms with Crippen molar-refractivity contribution in [3.05, 3.63) is 0 Å². The number of amidine groups is 1. The van der Waals surface area contributed by atoms with Crippen molar-refractivity contribution >= 4 is 5.84 Å². The van der Waals surface area contributed by atoms with E-state index in [-0.39, 0.29) is 0 Å². The molecule has 0 amide bonds. The Kier molecular flexibility index (Phi) is 2.26. The first-order valence-corrected chi connectivity index (χ1v) is 6.57. The van der Waals surface area contributed by atoms with Crippen LogP contribution in [0.3, 0.4) is 0 Å². The minimum Gasteiger partial charge on any atom is -0.371 e. The molecule has 1 aliphatic heterocycles. The van der Waals surface area contributed by atoms with Crippen molar-refractivity contribution in [1.82, 2.24) is 5.32 Å². The lowest BCUT2D eigenvalue weighted by molar-refractivity contribution is 0.477. The maximum absolute atomic E-state index is 4.74. The zero-order chi connectivity index (χ0) is 10.4. The van der Waals surface area contributed by atoms with Gasteiger partial charge in [0.05, 0.1) is 11.9 Å². The molecule has 1 N–H and O–H groups in total. The highest BCUT2D eigenvalue weighted by Gasteiger charge is 2.42. The van der Waals surface area contributed by atoms with Gasteiger partial charge in [-0.05, 0) is 50.4 Å². The van der Waals surface area contributed by atoms with Gasteiger partial charge in [0.1, 0.15) is 0 Å². The molecule has 0 aromatic carbocycles. The van der Waals surface area contributed by atoms with E-state index in [4.69, 9.17) is 4.99 Å². The molecule has 3 aliphatic rings. The standard InChI is InChI=1S/C13H22N2/c1-8-7-12(14-9(8)2)15-13(10-3-4-10)11-5-6-11/h8-11,13H,3-7H2,1-2H3,(H,14,15)/t8-,9+/m0/s1. The van der Waals surface area contributed by atoms with E-state index in [9.17, 15) is 0 Å². The summed E-state index contributed by atoms with van der Waals surface area (Å²) in [5.41, 5.74) is 0. The molecule has 1 heterocycles. The van der Waals surface area contributed by atoms with E-state index in [1.54, 1.807) is 0 Å². The molecule has 0 aromatic heterocycles. The molecule has 0 radical (unpaired) electrons. The lowest BCUT2D eigenvalue weighted by Gasteiger charge is -2.18. The van der Waals surface area contributed by atoms with E-state index in [1.807, 2.05) is 0 Å². The Balaban J connectivity index is 1.61. The van der Waals surface area contributed by atoms with Crippen molar-refractivity contribution < 1.29 is 0 Å². The molecule has 0 bridgehead atoms. The quantitative estimate of drug-likeness (QED) is 0.754. The normalized spacial score (nSPS) is 35.8. The molecule has 0 aromatic rings. The summed E-state index contributed by atoms with van der Waals surface area (Å²) in [6.07, 6.45) is 6.98. The zero-order valence-electron chi connectivity index (χ0n) is 9.87. The number of rotatable bonds is 3. The van der Waals surface area contributed by atoms with Crippen molar-refractivity contribution in [2.75, 3.05) is 0 Å². The van der Waals surface area contributed by atoms with Crippen LogP contribution in [0.15, 0.2) is 4.99 Å². The summed E-state index contributed by atoms with van der Waals surface area (Å²) in [5, 5.41) is 3.75. The maximum Gasteiger partial charge on any atom is 0.0972 e. The van der Waals surface area contributed by atoms with E-state index in [0.717, 1.165) is 23.8 Å². The first-order chi connectivity index (χ1) is 7.24. The van der Waals surface area contributed by atoms with Crippen LogP contribution in [0, 0.1) is 17.8 Å². The summed E-state index contributed by atoms with van der Waals surface area (Å²) >= 11 is 0. The Labute approximate surface area is 92.5 Å². The number of aliphatic imine (C=N–C) groups is 1. The molecule has 2 saturated carbocycles. The van der Waals surface area contributed by atoms with Crippen LogP contribution in [-0.4, -0.2) is 17.9 Å². The minimum absolute atomic E-state index is 0.534. The predicted molar refractivity (Wildman–Crippen MR) is 63.0 cm³/mol. The molecule has 2 nitrogen and oxygen atoms in total. The minimum atomic E-state index is 0.534. The molecule has 15 heavy (non-hydrogen) atoms. The Morgan fingerprint density at radius 3 is 2.13 bits per heavy atom. The van der Waals surface area contributed by atoms with Gasteiger partial charge in [-0.3, -0.25) is 4.99 Å². The summed E-state index contributed by atoms with van der Waals surface area (Å²) in [6, 6.07) is 1.31. The van der Waals surface area contributed by atoms with Crippen LogP contribution < -0.4 is 5.32 Å². The highest BCUT2D eigenvalue weighted by molar-refractivity contribution is 5.84. The number of nitrogens with one attached hydrogen (secondary N) is 1. The van der Waals surface area contributed by atoms with Crippen LogP contribution in [0.25, 0.3) is 0 Å². The summed E-state index contributed by atoms with van der Waals surface area (Å²) in [4.78, 5) is 4.74. The second-order valence-corrected chi connectivity index (χ2v) is 5.84. The zero-order valence-corrected chi connectivity index (χ0v) is 9.87. The van der Waals surface area contributed by atoms with Gasteiger partial charge in [0.25, 0.3) is 0 Å². The van der Waals surface area contributed by atoms with Gasteiger partial charge in [0, 0.05) is 12.5 Å². The Bertz CT molecular complexity index is 264. The summed E-state index contributed by atoms with van der Waals surface area (Å²) in [7, 11) is 0. The van der Waals surface area contributed by atoms with Gasteiger partial charge in [-0.1, -0.05) is 6.92 Å². The van der Waals surface area contributed by atoms with E-state index in [2.05, 4.69) is 19.2 Å². The Morgan fingerprint density at radius 1 is 1.13 bits per heavy atom. The van der Waals surface area contributed by atoms with Crippen molar-refractivity contribution in [2.24, 2.45) is 22.7 Å². The monoisotopic (exact) mass is 206 g/mol. The maximum atomic E-state index is 4.74. The first-order valence-electron chi connectivity index (χ1n) is 6.57. The first kappa shape index (κ1) is 9.68. The molecule has 0 unspecified atom stereocenters. The predicted octanol–water partition coefficient (Wildman–Crippen LogP) is 2.59. The van der Waals surface area contributed by atoms with Gasteiger partial charge in [-0.15, -0.1) is 0 Å². The highest BCUT2D eigenvalue weighted by atomic mass is 15.1. The van der Waals surface area contributed by atoms with Crippen LogP contribution in [0.2, 0.25) is 0 Å².